The zero-order valence-corrected chi connectivity index (χ0v) is 16.3. The Hall–Kier alpha value is -4.12. The number of ether oxygens (including phenoxy) is 2. The average Bonchev–Trinajstić information content (AvgIpc) is 2.80. The molecule has 30 heavy (non-hydrogen) atoms. The summed E-state index contributed by atoms with van der Waals surface area (Å²) in [6.07, 6.45) is 0. The maximum atomic E-state index is 11.6. The Morgan fingerprint density at radius 1 is 0.733 bits per heavy atom. The maximum Gasteiger partial charge on any atom is 0.354 e. The number of carbonyl (C=O) groups is 1. The van der Waals surface area contributed by atoms with Crippen molar-refractivity contribution in [2.75, 3.05) is 7.11 Å². The summed E-state index contributed by atoms with van der Waals surface area (Å²) in [5.41, 5.74) is 3.01. The SMILES string of the molecule is COc1ccc(-c2cc(-c3ccc(Oc4ccccc4)cc3)cc(C(=O)O)n2)cc1. The molecule has 1 aromatic heterocycles. The Morgan fingerprint density at radius 3 is 1.97 bits per heavy atom. The van der Waals surface area contributed by atoms with Crippen LogP contribution >= 0.6 is 0 Å². The van der Waals surface area contributed by atoms with Crippen LogP contribution in [0.2, 0.25) is 0 Å². The largest absolute Gasteiger partial charge is 0.497 e. The van der Waals surface area contributed by atoms with E-state index in [1.165, 1.54) is 0 Å². The van der Waals surface area contributed by atoms with Crippen LogP contribution in [0.25, 0.3) is 22.4 Å². The highest BCUT2D eigenvalue weighted by Crippen LogP contribution is 2.29. The number of hydrogen-bond acceptors (Lipinski definition) is 4. The molecule has 0 fully saturated rings. The zero-order chi connectivity index (χ0) is 20.9. The normalized spacial score (nSPS) is 10.4. The number of carboxylic acid groups (broad SMARTS) is 1. The molecule has 0 unspecified atom stereocenters. The monoisotopic (exact) mass is 397 g/mol. The Bertz CT molecular complexity index is 1150. The predicted molar refractivity (Wildman–Crippen MR) is 115 cm³/mol. The van der Waals surface area contributed by atoms with Crippen molar-refractivity contribution in [3.05, 3.63) is 96.7 Å². The average molecular weight is 397 g/mol. The standard InChI is InChI=1S/C25H19NO4/c1-29-20-11-9-18(10-12-20)23-15-19(16-24(26-23)25(27)28)17-7-13-22(14-8-17)30-21-5-3-2-4-6-21/h2-16H,1H3,(H,27,28). The van der Waals surface area contributed by atoms with Crippen LogP contribution in [0, 0.1) is 0 Å². The van der Waals surface area contributed by atoms with Gasteiger partial charge in [-0.3, -0.25) is 0 Å². The van der Waals surface area contributed by atoms with Crippen molar-refractivity contribution in [3.63, 3.8) is 0 Å². The Morgan fingerprint density at radius 2 is 1.33 bits per heavy atom. The van der Waals surface area contributed by atoms with E-state index in [0.29, 0.717) is 11.4 Å². The van der Waals surface area contributed by atoms with Gasteiger partial charge in [-0.25, -0.2) is 9.78 Å². The Balaban J connectivity index is 1.67. The summed E-state index contributed by atoms with van der Waals surface area (Å²) in [5, 5.41) is 9.52. The van der Waals surface area contributed by atoms with Gasteiger partial charge in [0.2, 0.25) is 0 Å². The molecule has 5 heteroatoms. The van der Waals surface area contributed by atoms with Crippen LogP contribution in [-0.2, 0) is 0 Å². The summed E-state index contributed by atoms with van der Waals surface area (Å²) in [6.45, 7) is 0. The van der Waals surface area contributed by atoms with E-state index >= 15 is 0 Å². The van der Waals surface area contributed by atoms with Crippen LogP contribution in [0.15, 0.2) is 91.0 Å². The van der Waals surface area contributed by atoms with Crippen molar-refractivity contribution in [2.45, 2.75) is 0 Å². The fourth-order valence-electron chi connectivity index (χ4n) is 3.06. The Labute approximate surface area is 174 Å². The first-order valence-corrected chi connectivity index (χ1v) is 9.35. The lowest BCUT2D eigenvalue weighted by Gasteiger charge is -2.10. The number of carboxylic acids is 1. The van der Waals surface area contributed by atoms with Crippen LogP contribution in [-0.4, -0.2) is 23.2 Å². The molecule has 0 saturated heterocycles. The third-order valence-corrected chi connectivity index (χ3v) is 4.60. The second kappa shape index (κ2) is 8.49. The highest BCUT2D eigenvalue weighted by molar-refractivity contribution is 5.88. The van der Waals surface area contributed by atoms with Gasteiger partial charge in [0.05, 0.1) is 12.8 Å². The number of methoxy groups -OCH3 is 1. The molecule has 1 N–H and O–H groups in total. The van der Waals surface area contributed by atoms with Crippen molar-refractivity contribution in [3.8, 4) is 39.6 Å². The smallest absolute Gasteiger partial charge is 0.354 e. The van der Waals surface area contributed by atoms with Crippen LogP contribution in [0.5, 0.6) is 17.2 Å². The molecule has 0 aliphatic carbocycles. The van der Waals surface area contributed by atoms with E-state index in [2.05, 4.69) is 4.98 Å². The van der Waals surface area contributed by atoms with Gasteiger partial charge in [0.1, 0.15) is 22.9 Å². The van der Waals surface area contributed by atoms with E-state index in [9.17, 15) is 9.90 Å². The minimum Gasteiger partial charge on any atom is -0.497 e. The first-order chi connectivity index (χ1) is 14.6. The molecule has 0 spiro atoms. The van der Waals surface area contributed by atoms with Gasteiger partial charge < -0.3 is 14.6 Å². The van der Waals surface area contributed by atoms with E-state index in [1.807, 2.05) is 84.9 Å². The molecule has 5 nitrogen and oxygen atoms in total. The fraction of sp³-hybridized carbons (Fsp3) is 0.0400. The van der Waals surface area contributed by atoms with Crippen molar-refractivity contribution < 1.29 is 19.4 Å². The topological polar surface area (TPSA) is 68.7 Å². The second-order valence-corrected chi connectivity index (χ2v) is 6.60. The van der Waals surface area contributed by atoms with Crippen molar-refractivity contribution in [2.24, 2.45) is 0 Å². The van der Waals surface area contributed by atoms with Gasteiger partial charge in [0.15, 0.2) is 0 Å². The Kier molecular flexibility index (Phi) is 5.44. The molecule has 0 radical (unpaired) electrons. The van der Waals surface area contributed by atoms with E-state index < -0.39 is 5.97 Å². The van der Waals surface area contributed by atoms with Gasteiger partial charge >= 0.3 is 5.97 Å². The minimum atomic E-state index is -1.07. The van der Waals surface area contributed by atoms with Crippen LogP contribution in [0.4, 0.5) is 0 Å². The molecule has 0 saturated carbocycles. The van der Waals surface area contributed by atoms with Crippen molar-refractivity contribution in [1.82, 2.24) is 4.98 Å². The summed E-state index contributed by atoms with van der Waals surface area (Å²) in [4.78, 5) is 15.9. The van der Waals surface area contributed by atoms with E-state index in [4.69, 9.17) is 9.47 Å². The van der Waals surface area contributed by atoms with Crippen molar-refractivity contribution >= 4 is 5.97 Å². The van der Waals surface area contributed by atoms with Gasteiger partial charge in [-0.1, -0.05) is 30.3 Å². The molecule has 3 aromatic carbocycles. The molecule has 0 atom stereocenters. The lowest BCUT2D eigenvalue weighted by atomic mass is 10.0. The first kappa shape index (κ1) is 19.2. The summed E-state index contributed by atoms with van der Waals surface area (Å²) < 4.78 is 11.0. The predicted octanol–water partition coefficient (Wildman–Crippen LogP) is 5.91. The zero-order valence-electron chi connectivity index (χ0n) is 16.3. The molecule has 0 aliphatic rings. The number of nitrogens with zero attached hydrogens (tertiary/aromatic N) is 1. The number of hydrogen-bond donors (Lipinski definition) is 1. The van der Waals surface area contributed by atoms with Crippen molar-refractivity contribution in [1.29, 1.82) is 0 Å². The van der Waals surface area contributed by atoms with Gasteiger partial charge in [-0.15, -0.1) is 0 Å². The minimum absolute atomic E-state index is 0.0112. The van der Waals surface area contributed by atoms with Crippen LogP contribution in [0.3, 0.4) is 0 Å². The lowest BCUT2D eigenvalue weighted by Crippen LogP contribution is -2.02. The van der Waals surface area contributed by atoms with E-state index in [0.717, 1.165) is 28.2 Å². The summed E-state index contributed by atoms with van der Waals surface area (Å²) >= 11 is 0. The highest BCUT2D eigenvalue weighted by Gasteiger charge is 2.12. The number of benzene rings is 3. The van der Waals surface area contributed by atoms with E-state index in [1.54, 1.807) is 13.2 Å². The number of pyridine rings is 1. The molecule has 4 aromatic rings. The molecule has 4 rings (SSSR count). The second-order valence-electron chi connectivity index (χ2n) is 6.60. The molecular formula is C25H19NO4. The third kappa shape index (κ3) is 4.31. The lowest BCUT2D eigenvalue weighted by molar-refractivity contribution is 0.0690. The number of para-hydroxylation sites is 1. The number of aromatic nitrogens is 1. The van der Waals surface area contributed by atoms with Crippen LogP contribution < -0.4 is 9.47 Å². The summed E-state index contributed by atoms with van der Waals surface area (Å²) in [5.74, 6) is 1.11. The molecule has 1 heterocycles. The third-order valence-electron chi connectivity index (χ3n) is 4.60. The van der Waals surface area contributed by atoms with Gasteiger partial charge in [0, 0.05) is 5.56 Å². The van der Waals surface area contributed by atoms with Gasteiger partial charge in [-0.05, 0) is 71.8 Å². The fourth-order valence-corrected chi connectivity index (χ4v) is 3.06. The molecular weight excluding hydrogens is 378 g/mol. The number of aromatic carboxylic acids is 1. The molecule has 148 valence electrons. The molecule has 0 aliphatic heterocycles. The highest BCUT2D eigenvalue weighted by atomic mass is 16.5. The van der Waals surface area contributed by atoms with E-state index in [-0.39, 0.29) is 5.69 Å². The quantitative estimate of drug-likeness (QED) is 0.438. The molecule has 0 bridgehead atoms. The summed E-state index contributed by atoms with van der Waals surface area (Å²) in [7, 11) is 1.60. The van der Waals surface area contributed by atoms with Crippen LogP contribution in [0.1, 0.15) is 10.5 Å². The first-order valence-electron chi connectivity index (χ1n) is 9.35. The van der Waals surface area contributed by atoms with Gasteiger partial charge in [0.25, 0.3) is 0 Å². The van der Waals surface area contributed by atoms with Gasteiger partial charge in [-0.2, -0.15) is 0 Å². The maximum absolute atomic E-state index is 11.6. The summed E-state index contributed by atoms with van der Waals surface area (Å²) in [6, 6.07) is 27.8. The molecule has 0 amide bonds. The number of rotatable bonds is 6.